The quantitative estimate of drug-likeness (QED) is 0.638. The Morgan fingerprint density at radius 3 is 2.74 bits per heavy atom. The third kappa shape index (κ3) is 5.37. The first-order valence-electron chi connectivity index (χ1n) is 12.3. The molecule has 3 aliphatic rings. The Morgan fingerprint density at radius 1 is 1.38 bits per heavy atom. The fraction of sp³-hybridized carbons (Fsp3) is 0.654. The Bertz CT molecular complexity index is 990. The van der Waals surface area contributed by atoms with Crippen molar-refractivity contribution in [2.24, 2.45) is 11.8 Å². The highest BCUT2D eigenvalue weighted by Gasteiger charge is 2.37. The van der Waals surface area contributed by atoms with Crippen molar-refractivity contribution in [1.29, 1.82) is 0 Å². The van der Waals surface area contributed by atoms with Crippen LogP contribution in [0.3, 0.4) is 0 Å². The van der Waals surface area contributed by atoms with Crippen molar-refractivity contribution in [1.82, 2.24) is 14.8 Å². The zero-order valence-corrected chi connectivity index (χ0v) is 20.3. The van der Waals surface area contributed by atoms with Crippen LogP contribution in [0.25, 0.3) is 0 Å². The normalized spacial score (nSPS) is 24.7. The van der Waals surface area contributed by atoms with E-state index in [0.717, 1.165) is 25.7 Å². The number of hydrogen-bond donors (Lipinski definition) is 2. The molecule has 184 valence electrons. The average molecular weight is 470 g/mol. The molecule has 0 saturated heterocycles. The van der Waals surface area contributed by atoms with Crippen molar-refractivity contribution in [3.05, 3.63) is 23.4 Å². The molecule has 8 heteroatoms. The summed E-state index contributed by atoms with van der Waals surface area (Å²) in [5, 5.41) is 20.4. The number of ether oxygens (including phenoxy) is 1. The van der Waals surface area contributed by atoms with E-state index >= 15 is 0 Å². The summed E-state index contributed by atoms with van der Waals surface area (Å²) in [6.07, 6.45) is 6.25. The fourth-order valence-electron chi connectivity index (χ4n) is 4.66. The number of rotatable bonds is 5. The number of nitrogens with zero attached hydrogens (tertiary/aromatic N) is 3. The lowest BCUT2D eigenvalue weighted by molar-refractivity contribution is -0.132. The standard InChI is InChI=1S/C26H35N3O5/c1-17-14-29(18(2)16-30)25(32)21-12-19(8-11-26(33)9-4-5-10-26)13-27-23(21)34-22(17)15-28(3)24(31)20-6-7-20/h12-13,17-18,20,22,30,33H,4-7,9-10,14-16H2,1-3H3/t17-,18+,22-/m0/s1. The van der Waals surface area contributed by atoms with E-state index < -0.39 is 5.60 Å². The van der Waals surface area contributed by atoms with Crippen LogP contribution in [0, 0.1) is 23.7 Å². The number of carbonyl (C=O) groups is 2. The van der Waals surface area contributed by atoms with Crippen LogP contribution in [0.15, 0.2) is 12.3 Å². The van der Waals surface area contributed by atoms with Gasteiger partial charge in [0.05, 0.1) is 19.2 Å². The molecule has 1 aromatic rings. The van der Waals surface area contributed by atoms with Crippen LogP contribution >= 0.6 is 0 Å². The lowest BCUT2D eigenvalue weighted by Crippen LogP contribution is -2.50. The SMILES string of the molecule is C[C@H](CO)N1C[C@H](C)[C@H](CN(C)C(=O)C2CC2)Oc2ncc(C#CC3(O)CCCC3)cc2C1=O. The molecule has 34 heavy (non-hydrogen) atoms. The summed E-state index contributed by atoms with van der Waals surface area (Å²) < 4.78 is 6.24. The van der Waals surface area contributed by atoms with Crippen molar-refractivity contribution in [3.8, 4) is 17.7 Å². The molecule has 4 rings (SSSR count). The van der Waals surface area contributed by atoms with Gasteiger partial charge in [0, 0.05) is 37.2 Å². The van der Waals surface area contributed by atoms with Gasteiger partial charge in [0.15, 0.2) is 0 Å². The summed E-state index contributed by atoms with van der Waals surface area (Å²) in [6.45, 7) is 4.39. The Hall–Kier alpha value is -2.63. The Labute approximate surface area is 201 Å². The second-order valence-electron chi connectivity index (χ2n) is 10.2. The number of aliphatic hydroxyl groups is 2. The zero-order chi connectivity index (χ0) is 24.5. The molecular formula is C26H35N3O5. The maximum absolute atomic E-state index is 13.5. The van der Waals surface area contributed by atoms with Crippen LogP contribution in [-0.4, -0.2) is 81.3 Å². The number of pyridine rings is 1. The summed E-state index contributed by atoms with van der Waals surface area (Å²) in [4.78, 5) is 33.8. The van der Waals surface area contributed by atoms with Gasteiger partial charge in [0.2, 0.25) is 11.8 Å². The van der Waals surface area contributed by atoms with Crippen molar-refractivity contribution in [2.45, 2.75) is 70.1 Å². The Morgan fingerprint density at radius 2 is 2.09 bits per heavy atom. The zero-order valence-electron chi connectivity index (χ0n) is 20.3. The molecule has 8 nitrogen and oxygen atoms in total. The first kappa shape index (κ1) is 24.5. The molecule has 0 radical (unpaired) electrons. The molecular weight excluding hydrogens is 434 g/mol. The topological polar surface area (TPSA) is 103 Å². The highest BCUT2D eigenvalue weighted by molar-refractivity contribution is 5.97. The lowest BCUT2D eigenvalue weighted by atomic mass is 9.99. The molecule has 0 bridgehead atoms. The van der Waals surface area contributed by atoms with Crippen LogP contribution in [0.1, 0.15) is 68.3 Å². The number of fused-ring (bicyclic) bond motifs is 1. The van der Waals surface area contributed by atoms with Gasteiger partial charge >= 0.3 is 0 Å². The average Bonchev–Trinajstić information content (AvgIpc) is 3.59. The summed E-state index contributed by atoms with van der Waals surface area (Å²) in [7, 11) is 1.79. The van der Waals surface area contributed by atoms with Gasteiger partial charge in [-0.2, -0.15) is 0 Å². The summed E-state index contributed by atoms with van der Waals surface area (Å²) >= 11 is 0. The van der Waals surface area contributed by atoms with Gasteiger partial charge in [-0.1, -0.05) is 18.8 Å². The van der Waals surface area contributed by atoms with Crippen LogP contribution < -0.4 is 4.74 Å². The predicted molar refractivity (Wildman–Crippen MR) is 126 cm³/mol. The van der Waals surface area contributed by atoms with Crippen LogP contribution in [0.2, 0.25) is 0 Å². The van der Waals surface area contributed by atoms with Gasteiger partial charge in [-0.15, -0.1) is 0 Å². The number of aromatic nitrogens is 1. The van der Waals surface area contributed by atoms with Crippen molar-refractivity contribution >= 4 is 11.8 Å². The second kappa shape index (κ2) is 9.93. The predicted octanol–water partition coefficient (Wildman–Crippen LogP) is 1.83. The van der Waals surface area contributed by atoms with Crippen molar-refractivity contribution in [2.75, 3.05) is 26.7 Å². The molecule has 1 aromatic heterocycles. The first-order valence-corrected chi connectivity index (χ1v) is 12.3. The van der Waals surface area contributed by atoms with Gasteiger partial charge in [0.25, 0.3) is 5.91 Å². The summed E-state index contributed by atoms with van der Waals surface area (Å²) in [5.74, 6) is 6.02. The smallest absolute Gasteiger partial charge is 0.259 e. The minimum absolute atomic E-state index is 0.0848. The van der Waals surface area contributed by atoms with Crippen LogP contribution in [0.5, 0.6) is 5.88 Å². The van der Waals surface area contributed by atoms with E-state index in [2.05, 4.69) is 16.8 Å². The molecule has 3 atom stereocenters. The van der Waals surface area contributed by atoms with Gasteiger partial charge < -0.3 is 24.7 Å². The Balaban J connectivity index is 1.64. The number of likely N-dealkylation sites (N-methyl/N-ethyl adjacent to an activating group) is 1. The van der Waals surface area contributed by atoms with Crippen molar-refractivity contribution < 1.29 is 24.5 Å². The lowest BCUT2D eigenvalue weighted by Gasteiger charge is -2.37. The molecule has 1 aliphatic heterocycles. The largest absolute Gasteiger partial charge is 0.472 e. The molecule has 0 aromatic carbocycles. The van der Waals surface area contributed by atoms with E-state index in [0.29, 0.717) is 31.5 Å². The highest BCUT2D eigenvalue weighted by Crippen LogP contribution is 2.32. The highest BCUT2D eigenvalue weighted by atomic mass is 16.5. The number of aliphatic hydroxyl groups excluding tert-OH is 1. The molecule has 2 amide bonds. The van der Waals surface area contributed by atoms with Crippen LogP contribution in [0.4, 0.5) is 0 Å². The van der Waals surface area contributed by atoms with Crippen LogP contribution in [-0.2, 0) is 4.79 Å². The first-order chi connectivity index (χ1) is 16.2. The molecule has 2 saturated carbocycles. The molecule has 2 heterocycles. The maximum atomic E-state index is 13.5. The van der Waals surface area contributed by atoms with E-state index in [-0.39, 0.29) is 53.8 Å². The van der Waals surface area contributed by atoms with E-state index in [4.69, 9.17) is 4.74 Å². The van der Waals surface area contributed by atoms with E-state index in [1.807, 2.05) is 6.92 Å². The van der Waals surface area contributed by atoms with Gasteiger partial charge in [-0.05, 0) is 51.5 Å². The molecule has 2 fully saturated rings. The number of amides is 2. The van der Waals surface area contributed by atoms with E-state index in [9.17, 15) is 19.8 Å². The molecule has 2 N–H and O–H groups in total. The molecule has 0 spiro atoms. The third-order valence-corrected chi connectivity index (χ3v) is 7.15. The number of hydrogen-bond acceptors (Lipinski definition) is 6. The Kier molecular flexibility index (Phi) is 7.15. The minimum Gasteiger partial charge on any atom is -0.472 e. The summed E-state index contributed by atoms with van der Waals surface area (Å²) in [5.41, 5.74) is -0.182. The second-order valence-corrected chi connectivity index (χ2v) is 10.2. The third-order valence-electron chi connectivity index (χ3n) is 7.15. The van der Waals surface area contributed by atoms with E-state index in [1.165, 1.54) is 0 Å². The maximum Gasteiger partial charge on any atom is 0.259 e. The van der Waals surface area contributed by atoms with Gasteiger partial charge in [-0.25, -0.2) is 4.98 Å². The summed E-state index contributed by atoms with van der Waals surface area (Å²) in [6, 6.07) is 1.26. The monoisotopic (exact) mass is 469 g/mol. The van der Waals surface area contributed by atoms with E-state index in [1.54, 1.807) is 36.0 Å². The fourth-order valence-corrected chi connectivity index (χ4v) is 4.66. The molecule has 0 unspecified atom stereocenters. The minimum atomic E-state index is -0.985. The molecule has 2 aliphatic carbocycles. The number of carbonyl (C=O) groups excluding carboxylic acids is 2. The van der Waals surface area contributed by atoms with Gasteiger partial charge in [0.1, 0.15) is 17.3 Å². The van der Waals surface area contributed by atoms with Crippen molar-refractivity contribution in [3.63, 3.8) is 0 Å². The van der Waals surface area contributed by atoms with Gasteiger partial charge in [-0.3, -0.25) is 9.59 Å².